The molecule has 5 nitrogen and oxygen atoms in total. The first-order chi connectivity index (χ1) is 11.2. The fourth-order valence-corrected chi connectivity index (χ4v) is 2.18. The molecule has 0 aliphatic carbocycles. The number of carbonyl (C=O) groups excluding carboxylic acids is 1. The number of nitrogens with zero attached hydrogens (tertiary/aromatic N) is 2. The summed E-state index contributed by atoms with van der Waals surface area (Å²) in [5.74, 6) is -0.0689. The predicted molar refractivity (Wildman–Crippen MR) is 82.2 cm³/mol. The Morgan fingerprint density at radius 3 is 2.61 bits per heavy atom. The topological polar surface area (TPSA) is 68.0 Å². The highest BCUT2D eigenvalue weighted by Crippen LogP contribution is 2.16. The van der Waals surface area contributed by atoms with Crippen molar-refractivity contribution in [3.63, 3.8) is 0 Å². The van der Waals surface area contributed by atoms with Crippen LogP contribution in [0.5, 0.6) is 0 Å². The van der Waals surface area contributed by atoms with Crippen molar-refractivity contribution in [1.82, 2.24) is 15.5 Å². The molecule has 0 saturated carbocycles. The summed E-state index contributed by atoms with van der Waals surface area (Å²) in [4.78, 5) is 12.1. The van der Waals surface area contributed by atoms with Crippen LogP contribution in [-0.4, -0.2) is 22.6 Å². The molecule has 0 spiro atoms. The fraction of sp³-hybridized carbons (Fsp3) is 0.118. The highest BCUT2D eigenvalue weighted by molar-refractivity contribution is 5.94. The van der Waals surface area contributed by atoms with Crippen molar-refractivity contribution < 1.29 is 13.6 Å². The molecule has 0 aliphatic rings. The number of rotatable bonds is 5. The number of hydrogen-bond donors (Lipinski definition) is 1. The number of amides is 1. The van der Waals surface area contributed by atoms with Crippen LogP contribution in [0.2, 0.25) is 0 Å². The highest BCUT2D eigenvalue weighted by atomic mass is 19.1. The van der Waals surface area contributed by atoms with Crippen LogP contribution in [0.15, 0.2) is 59.3 Å². The molecule has 23 heavy (non-hydrogen) atoms. The van der Waals surface area contributed by atoms with E-state index in [4.69, 9.17) is 4.42 Å². The van der Waals surface area contributed by atoms with E-state index >= 15 is 0 Å². The summed E-state index contributed by atoms with van der Waals surface area (Å²) in [5.41, 5.74) is 1.84. The molecule has 116 valence electrons. The number of benzene rings is 2. The summed E-state index contributed by atoms with van der Waals surface area (Å²) in [5, 5.41) is 10.2. The van der Waals surface area contributed by atoms with E-state index in [9.17, 15) is 9.18 Å². The summed E-state index contributed by atoms with van der Waals surface area (Å²) in [6.07, 6.45) is 1.69. The van der Waals surface area contributed by atoms with Crippen molar-refractivity contribution in [3.8, 4) is 11.5 Å². The van der Waals surface area contributed by atoms with Crippen LogP contribution in [0.4, 0.5) is 4.39 Å². The van der Waals surface area contributed by atoms with Gasteiger partial charge < -0.3 is 9.73 Å². The molecular weight excluding hydrogens is 297 g/mol. The van der Waals surface area contributed by atoms with Gasteiger partial charge in [-0.15, -0.1) is 10.2 Å². The molecule has 0 fully saturated rings. The Morgan fingerprint density at radius 1 is 1.13 bits per heavy atom. The van der Waals surface area contributed by atoms with Gasteiger partial charge in [-0.1, -0.05) is 18.2 Å². The third kappa shape index (κ3) is 3.60. The summed E-state index contributed by atoms with van der Waals surface area (Å²) in [7, 11) is 0. The lowest BCUT2D eigenvalue weighted by Crippen LogP contribution is -2.25. The zero-order chi connectivity index (χ0) is 16.1. The van der Waals surface area contributed by atoms with Crippen molar-refractivity contribution in [3.05, 3.63) is 71.9 Å². The molecule has 3 rings (SSSR count). The van der Waals surface area contributed by atoms with Gasteiger partial charge in [-0.3, -0.25) is 4.79 Å². The largest absolute Gasteiger partial charge is 0.423 e. The van der Waals surface area contributed by atoms with Gasteiger partial charge in [0.15, 0.2) is 0 Å². The molecule has 1 heterocycles. The molecule has 0 atom stereocenters. The summed E-state index contributed by atoms with van der Waals surface area (Å²) >= 11 is 0. The molecule has 3 aromatic rings. The zero-order valence-electron chi connectivity index (χ0n) is 12.2. The maximum absolute atomic E-state index is 13.5. The van der Waals surface area contributed by atoms with Crippen molar-refractivity contribution in [2.45, 2.75) is 6.42 Å². The molecule has 1 amide bonds. The molecule has 0 unspecified atom stereocenters. The van der Waals surface area contributed by atoms with E-state index in [1.807, 2.05) is 0 Å². The lowest BCUT2D eigenvalue weighted by Gasteiger charge is -2.06. The van der Waals surface area contributed by atoms with Gasteiger partial charge in [0.1, 0.15) is 5.82 Å². The van der Waals surface area contributed by atoms with Crippen LogP contribution in [0.3, 0.4) is 0 Å². The van der Waals surface area contributed by atoms with Crippen molar-refractivity contribution in [2.24, 2.45) is 0 Å². The van der Waals surface area contributed by atoms with Gasteiger partial charge in [-0.25, -0.2) is 4.39 Å². The first-order valence-electron chi connectivity index (χ1n) is 7.12. The van der Waals surface area contributed by atoms with E-state index in [-0.39, 0.29) is 11.7 Å². The van der Waals surface area contributed by atoms with Crippen LogP contribution in [0.1, 0.15) is 15.9 Å². The van der Waals surface area contributed by atoms with Crippen LogP contribution in [-0.2, 0) is 6.42 Å². The van der Waals surface area contributed by atoms with E-state index in [1.165, 1.54) is 12.5 Å². The third-order valence-corrected chi connectivity index (χ3v) is 3.39. The van der Waals surface area contributed by atoms with Crippen molar-refractivity contribution in [2.75, 3.05) is 6.54 Å². The van der Waals surface area contributed by atoms with Gasteiger partial charge in [0.2, 0.25) is 12.3 Å². The van der Waals surface area contributed by atoms with E-state index in [0.717, 1.165) is 5.56 Å². The minimum absolute atomic E-state index is 0.210. The average molecular weight is 311 g/mol. The summed E-state index contributed by atoms with van der Waals surface area (Å²) in [6.45, 7) is 0.366. The second kappa shape index (κ2) is 6.83. The van der Waals surface area contributed by atoms with Gasteiger partial charge in [0.25, 0.3) is 5.91 Å². The second-order valence-electron chi connectivity index (χ2n) is 4.92. The number of nitrogens with one attached hydrogen (secondary N) is 1. The molecular formula is C17H14FN3O2. The molecule has 6 heteroatoms. The van der Waals surface area contributed by atoms with E-state index in [0.29, 0.717) is 30.0 Å². The predicted octanol–water partition coefficient (Wildman–Crippen LogP) is 2.85. The SMILES string of the molecule is O=C(NCCc1ccccc1F)c1ccc(-c2nnco2)cc1. The first-order valence-corrected chi connectivity index (χ1v) is 7.12. The molecule has 0 radical (unpaired) electrons. The third-order valence-electron chi connectivity index (χ3n) is 3.39. The number of hydrogen-bond acceptors (Lipinski definition) is 4. The monoisotopic (exact) mass is 311 g/mol. The van der Waals surface area contributed by atoms with Crippen molar-refractivity contribution >= 4 is 5.91 Å². The molecule has 2 aromatic carbocycles. The smallest absolute Gasteiger partial charge is 0.251 e. The minimum Gasteiger partial charge on any atom is -0.423 e. The number of aromatic nitrogens is 2. The van der Waals surface area contributed by atoms with E-state index in [1.54, 1.807) is 42.5 Å². The van der Waals surface area contributed by atoms with E-state index < -0.39 is 0 Å². The molecule has 1 N–H and O–H groups in total. The lowest BCUT2D eigenvalue weighted by molar-refractivity contribution is 0.0954. The Hall–Kier alpha value is -3.02. The summed E-state index contributed by atoms with van der Waals surface area (Å²) < 4.78 is 18.6. The van der Waals surface area contributed by atoms with Gasteiger partial charge in [-0.2, -0.15) is 0 Å². The Balaban J connectivity index is 1.57. The molecule has 1 aromatic heterocycles. The Morgan fingerprint density at radius 2 is 1.91 bits per heavy atom. The molecule has 0 aliphatic heterocycles. The molecule has 0 bridgehead atoms. The number of halogens is 1. The fourth-order valence-electron chi connectivity index (χ4n) is 2.18. The van der Waals surface area contributed by atoms with Gasteiger partial charge >= 0.3 is 0 Å². The van der Waals surface area contributed by atoms with E-state index in [2.05, 4.69) is 15.5 Å². The molecule has 0 saturated heterocycles. The normalized spacial score (nSPS) is 10.5. The standard InChI is InChI=1S/C17H14FN3O2/c18-15-4-2-1-3-12(15)9-10-19-16(22)13-5-7-14(8-6-13)17-21-20-11-23-17/h1-8,11H,9-10H2,(H,19,22). The summed E-state index contributed by atoms with van der Waals surface area (Å²) in [6, 6.07) is 13.4. The maximum atomic E-state index is 13.5. The second-order valence-corrected chi connectivity index (χ2v) is 4.92. The lowest BCUT2D eigenvalue weighted by atomic mass is 10.1. The minimum atomic E-state index is -0.259. The van der Waals surface area contributed by atoms with Gasteiger partial charge in [-0.05, 0) is 42.3 Å². The zero-order valence-corrected chi connectivity index (χ0v) is 12.2. The highest BCUT2D eigenvalue weighted by Gasteiger charge is 2.08. The Bertz CT molecular complexity index is 786. The van der Waals surface area contributed by atoms with Crippen LogP contribution >= 0.6 is 0 Å². The van der Waals surface area contributed by atoms with Crippen LogP contribution < -0.4 is 5.32 Å². The van der Waals surface area contributed by atoms with Crippen molar-refractivity contribution in [1.29, 1.82) is 0 Å². The Kier molecular flexibility index (Phi) is 4.42. The van der Waals surface area contributed by atoms with Gasteiger partial charge in [0.05, 0.1) is 0 Å². The maximum Gasteiger partial charge on any atom is 0.251 e. The van der Waals surface area contributed by atoms with Crippen LogP contribution in [0, 0.1) is 5.82 Å². The quantitative estimate of drug-likeness (QED) is 0.786. The Labute approximate surface area is 132 Å². The average Bonchev–Trinajstić information content (AvgIpc) is 3.11. The van der Waals surface area contributed by atoms with Gasteiger partial charge in [0, 0.05) is 17.7 Å². The number of carbonyl (C=O) groups is 1. The first kappa shape index (κ1) is 14.9. The van der Waals surface area contributed by atoms with Crippen LogP contribution in [0.25, 0.3) is 11.5 Å².